The van der Waals surface area contributed by atoms with Crippen LogP contribution >= 0.6 is 0 Å². The predicted molar refractivity (Wildman–Crippen MR) is 78.8 cm³/mol. The van der Waals surface area contributed by atoms with Crippen molar-refractivity contribution in [3.8, 4) is 11.5 Å². The standard InChI is InChI=1S/C17H21NO3/c19-17(18-16(11-2-3-11)12-4-5-12)13-6-7-14-15(10-13)21-9-1-8-20-14/h6-7,10-12,16H,1-5,8-9H2,(H,18,19). The second kappa shape index (κ2) is 5.24. The van der Waals surface area contributed by atoms with E-state index in [0.29, 0.717) is 42.4 Å². The van der Waals surface area contributed by atoms with Crippen LogP contribution in [0.5, 0.6) is 11.5 Å². The Hall–Kier alpha value is -1.71. The highest BCUT2D eigenvalue weighted by atomic mass is 16.5. The molecule has 0 spiro atoms. The van der Waals surface area contributed by atoms with Crippen LogP contribution in [0.25, 0.3) is 0 Å². The van der Waals surface area contributed by atoms with Gasteiger partial charge in [-0.15, -0.1) is 0 Å². The van der Waals surface area contributed by atoms with Crippen LogP contribution in [0.3, 0.4) is 0 Å². The Morgan fingerprint density at radius 3 is 2.38 bits per heavy atom. The number of hydrogen-bond acceptors (Lipinski definition) is 3. The summed E-state index contributed by atoms with van der Waals surface area (Å²) in [4.78, 5) is 12.5. The monoisotopic (exact) mass is 287 g/mol. The van der Waals surface area contributed by atoms with Crippen LogP contribution in [0.2, 0.25) is 0 Å². The van der Waals surface area contributed by atoms with Crippen molar-refractivity contribution >= 4 is 5.91 Å². The van der Waals surface area contributed by atoms with Gasteiger partial charge in [0.1, 0.15) is 0 Å². The maximum absolute atomic E-state index is 12.5. The van der Waals surface area contributed by atoms with Crippen LogP contribution < -0.4 is 14.8 Å². The molecule has 0 unspecified atom stereocenters. The highest BCUT2D eigenvalue weighted by Crippen LogP contribution is 2.44. The van der Waals surface area contributed by atoms with Crippen molar-refractivity contribution in [1.29, 1.82) is 0 Å². The van der Waals surface area contributed by atoms with Gasteiger partial charge in [-0.1, -0.05) is 0 Å². The molecule has 1 N–H and O–H groups in total. The molecule has 112 valence electrons. The van der Waals surface area contributed by atoms with E-state index in [4.69, 9.17) is 9.47 Å². The SMILES string of the molecule is O=C(NC(C1CC1)C1CC1)c1ccc2c(c1)OCCCO2. The highest BCUT2D eigenvalue weighted by Gasteiger charge is 2.42. The number of ether oxygens (including phenoxy) is 2. The van der Waals surface area contributed by atoms with Gasteiger partial charge in [0.2, 0.25) is 0 Å². The molecule has 1 aliphatic heterocycles. The van der Waals surface area contributed by atoms with E-state index in [9.17, 15) is 4.79 Å². The van der Waals surface area contributed by atoms with E-state index < -0.39 is 0 Å². The average Bonchev–Trinajstić information content (AvgIpc) is 3.38. The number of amides is 1. The van der Waals surface area contributed by atoms with Crippen molar-refractivity contribution < 1.29 is 14.3 Å². The van der Waals surface area contributed by atoms with Crippen LogP contribution in [-0.2, 0) is 0 Å². The lowest BCUT2D eigenvalue weighted by atomic mass is 10.1. The Morgan fingerprint density at radius 2 is 1.71 bits per heavy atom. The molecule has 1 aromatic carbocycles. The molecule has 2 aliphatic carbocycles. The quantitative estimate of drug-likeness (QED) is 0.926. The van der Waals surface area contributed by atoms with E-state index >= 15 is 0 Å². The molecular formula is C17H21NO3. The lowest BCUT2D eigenvalue weighted by Crippen LogP contribution is -2.38. The fourth-order valence-corrected chi connectivity index (χ4v) is 3.07. The number of benzene rings is 1. The first-order valence-corrected chi connectivity index (χ1v) is 8.02. The first-order chi connectivity index (χ1) is 10.3. The Morgan fingerprint density at radius 1 is 1.05 bits per heavy atom. The van der Waals surface area contributed by atoms with Crippen LogP contribution in [0, 0.1) is 11.8 Å². The zero-order valence-electron chi connectivity index (χ0n) is 12.1. The predicted octanol–water partition coefficient (Wildman–Crippen LogP) is 2.77. The summed E-state index contributed by atoms with van der Waals surface area (Å²) in [6, 6.07) is 5.87. The number of nitrogens with one attached hydrogen (secondary N) is 1. The molecule has 0 bridgehead atoms. The summed E-state index contributed by atoms with van der Waals surface area (Å²) in [5, 5.41) is 3.24. The molecule has 1 amide bonds. The molecule has 0 atom stereocenters. The maximum Gasteiger partial charge on any atom is 0.251 e. The largest absolute Gasteiger partial charge is 0.490 e. The molecule has 4 nitrogen and oxygen atoms in total. The Bertz CT molecular complexity index is 537. The fourth-order valence-electron chi connectivity index (χ4n) is 3.07. The number of carbonyl (C=O) groups excluding carboxylic acids is 1. The third-order valence-electron chi connectivity index (χ3n) is 4.57. The summed E-state index contributed by atoms with van der Waals surface area (Å²) < 4.78 is 11.3. The lowest BCUT2D eigenvalue weighted by molar-refractivity contribution is 0.0926. The summed E-state index contributed by atoms with van der Waals surface area (Å²) in [7, 11) is 0. The molecule has 1 heterocycles. The Kier molecular flexibility index (Phi) is 3.24. The van der Waals surface area contributed by atoms with Gasteiger partial charge in [0.25, 0.3) is 5.91 Å². The number of rotatable bonds is 4. The van der Waals surface area contributed by atoms with Gasteiger partial charge < -0.3 is 14.8 Å². The highest BCUT2D eigenvalue weighted by molar-refractivity contribution is 5.95. The normalized spacial score (nSPS) is 21.0. The Labute approximate surface area is 124 Å². The summed E-state index contributed by atoms with van der Waals surface area (Å²) >= 11 is 0. The summed E-state index contributed by atoms with van der Waals surface area (Å²) in [5.41, 5.74) is 0.672. The summed E-state index contributed by atoms with van der Waals surface area (Å²) in [5.74, 6) is 2.87. The molecule has 0 radical (unpaired) electrons. The van der Waals surface area contributed by atoms with Crippen molar-refractivity contribution in [1.82, 2.24) is 5.32 Å². The molecule has 4 heteroatoms. The first kappa shape index (κ1) is 13.0. The van der Waals surface area contributed by atoms with Gasteiger partial charge in [0.15, 0.2) is 11.5 Å². The average molecular weight is 287 g/mol. The minimum absolute atomic E-state index is 0.0226. The molecule has 1 aromatic rings. The zero-order valence-corrected chi connectivity index (χ0v) is 12.1. The van der Waals surface area contributed by atoms with Crippen LogP contribution in [0.1, 0.15) is 42.5 Å². The van der Waals surface area contributed by atoms with E-state index in [0.717, 1.165) is 12.2 Å². The van der Waals surface area contributed by atoms with Crippen molar-refractivity contribution in [2.45, 2.75) is 38.1 Å². The summed E-state index contributed by atoms with van der Waals surface area (Å²) in [6.45, 7) is 1.31. The second-order valence-electron chi connectivity index (χ2n) is 6.39. The maximum atomic E-state index is 12.5. The molecule has 3 aliphatic rings. The molecule has 2 saturated carbocycles. The van der Waals surface area contributed by atoms with E-state index in [1.54, 1.807) is 0 Å². The number of carbonyl (C=O) groups is 1. The van der Waals surface area contributed by atoms with Crippen LogP contribution in [-0.4, -0.2) is 25.2 Å². The van der Waals surface area contributed by atoms with E-state index in [-0.39, 0.29) is 5.91 Å². The summed E-state index contributed by atoms with van der Waals surface area (Å²) in [6.07, 6.45) is 5.94. The van der Waals surface area contributed by atoms with Crippen LogP contribution in [0.15, 0.2) is 18.2 Å². The van der Waals surface area contributed by atoms with Crippen molar-refractivity contribution in [3.05, 3.63) is 23.8 Å². The van der Waals surface area contributed by atoms with Crippen molar-refractivity contribution in [3.63, 3.8) is 0 Å². The first-order valence-electron chi connectivity index (χ1n) is 8.02. The third-order valence-corrected chi connectivity index (χ3v) is 4.57. The van der Waals surface area contributed by atoms with E-state index in [2.05, 4.69) is 5.32 Å². The minimum atomic E-state index is 0.0226. The lowest BCUT2D eigenvalue weighted by Gasteiger charge is -2.18. The number of hydrogen-bond donors (Lipinski definition) is 1. The molecular weight excluding hydrogens is 266 g/mol. The van der Waals surface area contributed by atoms with Crippen molar-refractivity contribution in [2.24, 2.45) is 11.8 Å². The van der Waals surface area contributed by atoms with Gasteiger partial charge in [-0.25, -0.2) is 0 Å². The second-order valence-corrected chi connectivity index (χ2v) is 6.39. The third kappa shape index (κ3) is 2.85. The van der Waals surface area contributed by atoms with Gasteiger partial charge in [0, 0.05) is 18.0 Å². The molecule has 4 rings (SSSR count). The zero-order chi connectivity index (χ0) is 14.2. The van der Waals surface area contributed by atoms with E-state index in [1.165, 1.54) is 25.7 Å². The van der Waals surface area contributed by atoms with Crippen LogP contribution in [0.4, 0.5) is 0 Å². The van der Waals surface area contributed by atoms with Gasteiger partial charge in [0.05, 0.1) is 13.2 Å². The van der Waals surface area contributed by atoms with Gasteiger partial charge in [-0.3, -0.25) is 4.79 Å². The molecule has 2 fully saturated rings. The molecule has 21 heavy (non-hydrogen) atoms. The van der Waals surface area contributed by atoms with E-state index in [1.807, 2.05) is 18.2 Å². The van der Waals surface area contributed by atoms with Crippen molar-refractivity contribution in [2.75, 3.05) is 13.2 Å². The smallest absolute Gasteiger partial charge is 0.251 e. The van der Waals surface area contributed by atoms with Gasteiger partial charge in [-0.05, 0) is 55.7 Å². The molecule has 0 saturated heterocycles. The minimum Gasteiger partial charge on any atom is -0.490 e. The topological polar surface area (TPSA) is 47.6 Å². The van der Waals surface area contributed by atoms with Gasteiger partial charge in [-0.2, -0.15) is 0 Å². The van der Waals surface area contributed by atoms with Gasteiger partial charge >= 0.3 is 0 Å². The Balaban J connectivity index is 1.49. The number of fused-ring (bicyclic) bond motifs is 1. The fraction of sp³-hybridized carbons (Fsp3) is 0.588. The molecule has 0 aromatic heterocycles.